The number of pyridine rings is 1. The second-order valence-electron chi connectivity index (χ2n) is 3.74. The van der Waals surface area contributed by atoms with E-state index < -0.39 is 0 Å². The van der Waals surface area contributed by atoms with Crippen LogP contribution in [0.5, 0.6) is 0 Å². The average Bonchev–Trinajstić information content (AvgIpc) is 2.25. The van der Waals surface area contributed by atoms with Crippen molar-refractivity contribution in [3.63, 3.8) is 0 Å². The van der Waals surface area contributed by atoms with E-state index in [1.165, 1.54) is 0 Å². The Morgan fingerprint density at radius 1 is 1.47 bits per heavy atom. The van der Waals surface area contributed by atoms with Crippen LogP contribution in [0.1, 0.15) is 12.5 Å². The van der Waals surface area contributed by atoms with Crippen molar-refractivity contribution >= 4 is 44.9 Å². The SMILES string of the molecule is Cc1ccnc(NC(C)(CCl)CCl)c1Br. The maximum atomic E-state index is 5.86. The van der Waals surface area contributed by atoms with Gasteiger partial charge in [0.15, 0.2) is 0 Å². The minimum absolute atomic E-state index is 0.341. The zero-order valence-corrected chi connectivity index (χ0v) is 11.7. The molecule has 0 fully saturated rings. The normalized spacial score (nSPS) is 11.5. The Morgan fingerprint density at radius 2 is 2.07 bits per heavy atom. The van der Waals surface area contributed by atoms with Gasteiger partial charge in [0, 0.05) is 18.0 Å². The lowest BCUT2D eigenvalue weighted by Crippen LogP contribution is -2.39. The van der Waals surface area contributed by atoms with Crippen LogP contribution in [0.15, 0.2) is 16.7 Å². The van der Waals surface area contributed by atoms with Gasteiger partial charge in [-0.2, -0.15) is 0 Å². The molecule has 15 heavy (non-hydrogen) atoms. The van der Waals surface area contributed by atoms with Crippen molar-refractivity contribution in [2.75, 3.05) is 17.1 Å². The van der Waals surface area contributed by atoms with Crippen LogP contribution >= 0.6 is 39.1 Å². The standard InChI is InChI=1S/C10H13BrCl2N2/c1-7-3-4-14-9(8(7)11)15-10(2,5-12)6-13/h3-4H,5-6H2,1-2H3,(H,14,15). The molecule has 1 heterocycles. The molecule has 1 aromatic rings. The van der Waals surface area contributed by atoms with E-state index in [2.05, 4.69) is 26.2 Å². The van der Waals surface area contributed by atoms with Gasteiger partial charge >= 0.3 is 0 Å². The van der Waals surface area contributed by atoms with E-state index in [0.717, 1.165) is 15.9 Å². The number of aromatic nitrogens is 1. The number of anilines is 1. The summed E-state index contributed by atoms with van der Waals surface area (Å²) >= 11 is 15.2. The molecule has 0 aliphatic carbocycles. The smallest absolute Gasteiger partial charge is 0.141 e. The number of aryl methyl sites for hydroxylation is 1. The number of hydrogen-bond donors (Lipinski definition) is 1. The molecule has 0 aliphatic heterocycles. The molecule has 5 heteroatoms. The molecule has 1 N–H and O–H groups in total. The minimum Gasteiger partial charge on any atom is -0.362 e. The quantitative estimate of drug-likeness (QED) is 0.856. The lowest BCUT2D eigenvalue weighted by molar-refractivity contribution is 0.644. The number of nitrogens with one attached hydrogen (secondary N) is 1. The third-order valence-electron chi connectivity index (χ3n) is 2.09. The number of alkyl halides is 2. The zero-order chi connectivity index (χ0) is 11.5. The largest absolute Gasteiger partial charge is 0.362 e. The van der Waals surface area contributed by atoms with Gasteiger partial charge in [0.1, 0.15) is 5.82 Å². The van der Waals surface area contributed by atoms with Gasteiger partial charge in [0.2, 0.25) is 0 Å². The van der Waals surface area contributed by atoms with Crippen LogP contribution in [0, 0.1) is 6.92 Å². The third kappa shape index (κ3) is 3.23. The Hall–Kier alpha value is 0.01000. The van der Waals surface area contributed by atoms with E-state index in [-0.39, 0.29) is 5.54 Å². The average molecular weight is 312 g/mol. The lowest BCUT2D eigenvalue weighted by Gasteiger charge is -2.27. The summed E-state index contributed by atoms with van der Waals surface area (Å²) in [6, 6.07) is 1.94. The van der Waals surface area contributed by atoms with Crippen molar-refractivity contribution in [1.29, 1.82) is 0 Å². The minimum atomic E-state index is -0.341. The number of rotatable bonds is 4. The van der Waals surface area contributed by atoms with E-state index in [0.29, 0.717) is 11.8 Å². The van der Waals surface area contributed by atoms with E-state index in [4.69, 9.17) is 23.2 Å². The maximum absolute atomic E-state index is 5.86. The van der Waals surface area contributed by atoms with E-state index in [1.807, 2.05) is 19.9 Å². The van der Waals surface area contributed by atoms with Gasteiger partial charge in [0.25, 0.3) is 0 Å². The fourth-order valence-corrected chi connectivity index (χ4v) is 1.77. The first-order valence-electron chi connectivity index (χ1n) is 4.53. The third-order valence-corrected chi connectivity index (χ3v) is 4.27. The van der Waals surface area contributed by atoms with Gasteiger partial charge in [-0.05, 0) is 41.4 Å². The molecule has 0 bridgehead atoms. The summed E-state index contributed by atoms with van der Waals surface area (Å²) in [4.78, 5) is 4.24. The summed E-state index contributed by atoms with van der Waals surface area (Å²) in [5.41, 5.74) is 0.783. The lowest BCUT2D eigenvalue weighted by atomic mass is 10.1. The monoisotopic (exact) mass is 310 g/mol. The summed E-state index contributed by atoms with van der Waals surface area (Å²) in [7, 11) is 0. The fraction of sp³-hybridized carbons (Fsp3) is 0.500. The first kappa shape index (κ1) is 13.1. The van der Waals surface area contributed by atoms with Crippen LogP contribution in [-0.4, -0.2) is 22.3 Å². The van der Waals surface area contributed by atoms with Crippen molar-refractivity contribution in [2.45, 2.75) is 19.4 Å². The van der Waals surface area contributed by atoms with E-state index in [9.17, 15) is 0 Å². The Labute approximate surface area is 108 Å². The van der Waals surface area contributed by atoms with Crippen molar-refractivity contribution in [2.24, 2.45) is 0 Å². The first-order valence-corrected chi connectivity index (χ1v) is 6.40. The van der Waals surface area contributed by atoms with Gasteiger partial charge in [-0.1, -0.05) is 0 Å². The predicted octanol–water partition coefficient (Wildman–Crippen LogP) is 3.80. The molecule has 84 valence electrons. The molecule has 0 aromatic carbocycles. The summed E-state index contributed by atoms with van der Waals surface area (Å²) in [6.45, 7) is 3.97. The molecule has 0 aliphatic rings. The summed E-state index contributed by atoms with van der Waals surface area (Å²) in [5.74, 6) is 1.63. The molecular formula is C10H13BrCl2N2. The predicted molar refractivity (Wildman–Crippen MR) is 70.1 cm³/mol. The Kier molecular flexibility index (Phi) is 4.68. The van der Waals surface area contributed by atoms with Crippen molar-refractivity contribution in [3.05, 3.63) is 22.3 Å². The zero-order valence-electron chi connectivity index (χ0n) is 8.65. The van der Waals surface area contributed by atoms with Gasteiger partial charge in [-0.3, -0.25) is 0 Å². The van der Waals surface area contributed by atoms with Crippen LogP contribution in [0.4, 0.5) is 5.82 Å². The highest BCUT2D eigenvalue weighted by atomic mass is 79.9. The molecule has 2 nitrogen and oxygen atoms in total. The van der Waals surface area contributed by atoms with Gasteiger partial charge in [-0.25, -0.2) is 4.98 Å². The molecule has 0 radical (unpaired) electrons. The van der Waals surface area contributed by atoms with Gasteiger partial charge in [-0.15, -0.1) is 23.2 Å². The first-order chi connectivity index (χ1) is 7.02. The highest BCUT2D eigenvalue weighted by Crippen LogP contribution is 2.26. The molecule has 0 spiro atoms. The van der Waals surface area contributed by atoms with Gasteiger partial charge in [0.05, 0.1) is 10.0 Å². The van der Waals surface area contributed by atoms with Crippen molar-refractivity contribution in [1.82, 2.24) is 4.98 Å². The molecule has 0 saturated carbocycles. The van der Waals surface area contributed by atoms with Crippen LogP contribution in [0.2, 0.25) is 0 Å². The second kappa shape index (κ2) is 5.37. The van der Waals surface area contributed by atoms with E-state index in [1.54, 1.807) is 6.20 Å². The molecule has 0 unspecified atom stereocenters. The molecule has 0 saturated heterocycles. The summed E-state index contributed by atoms with van der Waals surface area (Å²) in [6.07, 6.45) is 1.76. The molecule has 1 aromatic heterocycles. The van der Waals surface area contributed by atoms with Crippen molar-refractivity contribution in [3.8, 4) is 0 Å². The van der Waals surface area contributed by atoms with Gasteiger partial charge < -0.3 is 5.32 Å². The molecular weight excluding hydrogens is 299 g/mol. The maximum Gasteiger partial charge on any atom is 0.141 e. The Morgan fingerprint density at radius 3 is 2.60 bits per heavy atom. The topological polar surface area (TPSA) is 24.9 Å². The van der Waals surface area contributed by atoms with Crippen LogP contribution < -0.4 is 5.32 Å². The number of nitrogens with zero attached hydrogens (tertiary/aromatic N) is 1. The highest BCUT2D eigenvalue weighted by molar-refractivity contribution is 9.10. The number of halogens is 3. The Balaban J connectivity index is 2.94. The number of hydrogen-bond acceptors (Lipinski definition) is 2. The van der Waals surface area contributed by atoms with Crippen LogP contribution in [0.3, 0.4) is 0 Å². The highest BCUT2D eigenvalue weighted by Gasteiger charge is 2.23. The van der Waals surface area contributed by atoms with Crippen molar-refractivity contribution < 1.29 is 0 Å². The molecule has 0 atom stereocenters. The Bertz CT molecular complexity index is 340. The van der Waals surface area contributed by atoms with Crippen LogP contribution in [-0.2, 0) is 0 Å². The molecule has 1 rings (SSSR count). The van der Waals surface area contributed by atoms with E-state index >= 15 is 0 Å². The summed E-state index contributed by atoms with van der Waals surface area (Å²) < 4.78 is 0.950. The molecule has 0 amide bonds. The van der Waals surface area contributed by atoms with Crippen LogP contribution in [0.25, 0.3) is 0 Å². The summed E-state index contributed by atoms with van der Waals surface area (Å²) in [5, 5.41) is 3.24. The fourth-order valence-electron chi connectivity index (χ4n) is 1.02. The second-order valence-corrected chi connectivity index (χ2v) is 5.07.